The molecule has 0 saturated heterocycles. The molecule has 3 rings (SSSR count). The lowest BCUT2D eigenvalue weighted by molar-refractivity contribution is -0.385. The molecule has 2 bridgehead atoms. The molecule has 0 amide bonds. The summed E-state index contributed by atoms with van der Waals surface area (Å²) in [6.45, 7) is 0. The molecule has 2 aliphatic rings. The Morgan fingerprint density at radius 1 is 1.50 bits per heavy atom. The van der Waals surface area contributed by atoms with Gasteiger partial charge in [-0.25, -0.2) is 0 Å². The summed E-state index contributed by atoms with van der Waals surface area (Å²) in [5.74, 6) is 1.01. The third kappa shape index (κ3) is 2.06. The van der Waals surface area contributed by atoms with E-state index in [-0.39, 0.29) is 10.6 Å². The van der Waals surface area contributed by atoms with Crippen LogP contribution in [0.3, 0.4) is 0 Å². The number of nitriles is 1. The van der Waals surface area contributed by atoms with Crippen molar-refractivity contribution >= 4 is 17.3 Å². The second-order valence-corrected chi connectivity index (χ2v) is 6.49. The normalized spacial score (nSPS) is 31.2. The fourth-order valence-electron chi connectivity index (χ4n) is 4.05. The predicted molar refractivity (Wildman–Crippen MR) is 75.3 cm³/mol. The summed E-state index contributed by atoms with van der Waals surface area (Å²) < 4.78 is 0. The Morgan fingerprint density at radius 3 is 2.85 bits per heavy atom. The van der Waals surface area contributed by atoms with Crippen LogP contribution in [0.1, 0.15) is 31.2 Å². The zero-order valence-corrected chi connectivity index (χ0v) is 11.8. The van der Waals surface area contributed by atoms with Gasteiger partial charge in [-0.3, -0.25) is 10.1 Å². The van der Waals surface area contributed by atoms with Gasteiger partial charge < -0.3 is 0 Å². The maximum Gasteiger partial charge on any atom is 0.272 e. The van der Waals surface area contributed by atoms with Crippen LogP contribution < -0.4 is 0 Å². The summed E-state index contributed by atoms with van der Waals surface area (Å²) in [5.41, 5.74) is 0.238. The Labute approximate surface area is 122 Å². The monoisotopic (exact) mass is 290 g/mol. The maximum atomic E-state index is 11.1. The van der Waals surface area contributed by atoms with Crippen molar-refractivity contribution in [1.29, 1.82) is 5.26 Å². The average molecular weight is 291 g/mol. The standard InChI is InChI=1S/C15H15ClN2O2/c16-13-3-4-14(18(19)20)11(6-13)8-15(9-17)7-10-1-2-12(15)5-10/h3-4,6,10,12H,1-2,5,7-8H2. The van der Waals surface area contributed by atoms with Crippen molar-refractivity contribution in [3.8, 4) is 6.07 Å². The number of hydrogen-bond acceptors (Lipinski definition) is 3. The zero-order chi connectivity index (χ0) is 14.3. The quantitative estimate of drug-likeness (QED) is 0.621. The van der Waals surface area contributed by atoms with Crippen LogP contribution in [-0.4, -0.2) is 4.92 Å². The Morgan fingerprint density at radius 2 is 2.30 bits per heavy atom. The first-order valence-electron chi connectivity index (χ1n) is 6.88. The van der Waals surface area contributed by atoms with Gasteiger partial charge in [-0.2, -0.15) is 5.26 Å². The minimum atomic E-state index is -0.432. The van der Waals surface area contributed by atoms with Crippen molar-refractivity contribution in [2.24, 2.45) is 17.3 Å². The van der Waals surface area contributed by atoms with Crippen LogP contribution in [0.2, 0.25) is 5.02 Å². The van der Waals surface area contributed by atoms with Gasteiger partial charge in [-0.15, -0.1) is 0 Å². The van der Waals surface area contributed by atoms with Gasteiger partial charge in [0.05, 0.1) is 16.4 Å². The molecule has 2 aliphatic carbocycles. The van der Waals surface area contributed by atoms with Gasteiger partial charge in [0.25, 0.3) is 5.69 Å². The summed E-state index contributed by atoms with van der Waals surface area (Å²) in [6, 6.07) is 7.09. The molecular formula is C15H15ClN2O2. The number of hydrogen-bond donors (Lipinski definition) is 0. The molecule has 104 valence electrons. The van der Waals surface area contributed by atoms with Crippen molar-refractivity contribution in [3.63, 3.8) is 0 Å². The first-order valence-corrected chi connectivity index (χ1v) is 7.26. The lowest BCUT2D eigenvalue weighted by Gasteiger charge is -2.30. The maximum absolute atomic E-state index is 11.1. The largest absolute Gasteiger partial charge is 0.272 e. The number of nitro groups is 1. The van der Waals surface area contributed by atoms with Crippen LogP contribution in [0.4, 0.5) is 5.69 Å². The summed E-state index contributed by atoms with van der Waals surface area (Å²) in [4.78, 5) is 10.8. The molecular weight excluding hydrogens is 276 g/mol. The number of rotatable bonds is 3. The van der Waals surface area contributed by atoms with Gasteiger partial charge >= 0.3 is 0 Å². The number of nitrogens with zero attached hydrogens (tertiary/aromatic N) is 2. The van der Waals surface area contributed by atoms with Crippen LogP contribution in [-0.2, 0) is 6.42 Å². The van der Waals surface area contributed by atoms with E-state index in [0.29, 0.717) is 28.8 Å². The van der Waals surface area contributed by atoms with E-state index in [1.807, 2.05) is 0 Å². The van der Waals surface area contributed by atoms with Gasteiger partial charge in [-0.05, 0) is 49.7 Å². The van der Waals surface area contributed by atoms with E-state index in [4.69, 9.17) is 11.6 Å². The highest BCUT2D eigenvalue weighted by Gasteiger charge is 2.51. The van der Waals surface area contributed by atoms with Crippen LogP contribution in [0.5, 0.6) is 0 Å². The second kappa shape index (κ2) is 4.75. The molecule has 1 aromatic rings. The third-order valence-corrected chi connectivity index (χ3v) is 5.18. The summed E-state index contributed by atoms with van der Waals surface area (Å²) in [6.07, 6.45) is 4.69. The Hall–Kier alpha value is -1.60. The molecule has 2 saturated carbocycles. The first kappa shape index (κ1) is 13.4. The molecule has 0 radical (unpaired) electrons. The minimum absolute atomic E-state index is 0.0757. The van der Waals surface area contributed by atoms with Gasteiger partial charge in [0.2, 0.25) is 0 Å². The molecule has 5 heteroatoms. The molecule has 0 aromatic heterocycles. The van der Waals surface area contributed by atoms with Crippen LogP contribution >= 0.6 is 11.6 Å². The first-order chi connectivity index (χ1) is 9.54. The summed E-state index contributed by atoms with van der Waals surface area (Å²) >= 11 is 5.97. The lowest BCUT2D eigenvalue weighted by Crippen LogP contribution is -2.28. The van der Waals surface area contributed by atoms with E-state index in [1.54, 1.807) is 6.07 Å². The molecule has 0 N–H and O–H groups in total. The van der Waals surface area contributed by atoms with Crippen LogP contribution in [0.15, 0.2) is 18.2 Å². The van der Waals surface area contributed by atoms with Crippen LogP contribution in [0, 0.1) is 38.7 Å². The van der Waals surface area contributed by atoms with E-state index in [9.17, 15) is 15.4 Å². The molecule has 0 aliphatic heterocycles. The molecule has 3 atom stereocenters. The van der Waals surface area contributed by atoms with Crippen molar-refractivity contribution < 1.29 is 4.92 Å². The Balaban J connectivity index is 1.96. The van der Waals surface area contributed by atoms with E-state index >= 15 is 0 Å². The molecule has 3 unspecified atom stereocenters. The van der Waals surface area contributed by atoms with Crippen LogP contribution in [0.25, 0.3) is 0 Å². The Bertz CT molecular complexity index is 610. The topological polar surface area (TPSA) is 66.9 Å². The predicted octanol–water partition coefficient (Wildman–Crippen LogP) is 4.12. The fraction of sp³-hybridized carbons (Fsp3) is 0.533. The fourth-order valence-corrected chi connectivity index (χ4v) is 4.25. The number of halogens is 1. The third-order valence-electron chi connectivity index (χ3n) is 4.94. The van der Waals surface area contributed by atoms with Gasteiger partial charge in [0, 0.05) is 16.7 Å². The number of benzene rings is 1. The molecule has 4 nitrogen and oxygen atoms in total. The highest BCUT2D eigenvalue weighted by Crippen LogP contribution is 2.57. The number of nitro benzene ring substituents is 1. The molecule has 0 heterocycles. The molecule has 0 spiro atoms. The molecule has 1 aromatic carbocycles. The highest BCUT2D eigenvalue weighted by molar-refractivity contribution is 6.30. The molecule has 2 fully saturated rings. The van der Waals surface area contributed by atoms with E-state index in [0.717, 1.165) is 19.3 Å². The summed E-state index contributed by atoms with van der Waals surface area (Å²) in [5, 5.41) is 21.3. The Kier molecular flexibility index (Phi) is 3.18. The minimum Gasteiger partial charge on any atom is -0.258 e. The van der Waals surface area contributed by atoms with Crippen molar-refractivity contribution in [2.75, 3.05) is 0 Å². The van der Waals surface area contributed by atoms with Crippen molar-refractivity contribution in [1.82, 2.24) is 0 Å². The highest BCUT2D eigenvalue weighted by atomic mass is 35.5. The second-order valence-electron chi connectivity index (χ2n) is 6.05. The van der Waals surface area contributed by atoms with Gasteiger partial charge in [-0.1, -0.05) is 18.0 Å². The van der Waals surface area contributed by atoms with Gasteiger partial charge in [0.1, 0.15) is 0 Å². The summed E-state index contributed by atoms with van der Waals surface area (Å²) in [7, 11) is 0. The average Bonchev–Trinajstić information content (AvgIpc) is 2.99. The number of fused-ring (bicyclic) bond motifs is 2. The zero-order valence-electron chi connectivity index (χ0n) is 11.0. The van der Waals surface area contributed by atoms with Crippen molar-refractivity contribution in [2.45, 2.75) is 32.1 Å². The van der Waals surface area contributed by atoms with E-state index < -0.39 is 5.41 Å². The SMILES string of the molecule is N#CC1(Cc2cc(Cl)ccc2[N+](=O)[O-])CC2CCC1C2. The lowest BCUT2D eigenvalue weighted by atomic mass is 9.70. The molecule has 20 heavy (non-hydrogen) atoms. The van der Waals surface area contributed by atoms with Gasteiger partial charge in [0.15, 0.2) is 0 Å². The van der Waals surface area contributed by atoms with E-state index in [1.165, 1.54) is 18.6 Å². The smallest absolute Gasteiger partial charge is 0.258 e. The van der Waals surface area contributed by atoms with E-state index in [2.05, 4.69) is 6.07 Å². The van der Waals surface area contributed by atoms with Crippen molar-refractivity contribution in [3.05, 3.63) is 38.9 Å².